The maximum atomic E-state index is 4.78. The Hall–Kier alpha value is -0.490. The van der Waals surface area contributed by atoms with Crippen molar-refractivity contribution in [1.29, 1.82) is 0 Å². The molecule has 0 bridgehead atoms. The van der Waals surface area contributed by atoms with E-state index in [0.717, 1.165) is 38.8 Å². The molecule has 1 N–H and O–H groups in total. The quantitative estimate of drug-likeness (QED) is 0.719. The number of likely N-dealkylation sites (N-methyl/N-ethyl adjacent to an activating group) is 1. The molecule has 0 aliphatic heterocycles. The third-order valence-corrected chi connectivity index (χ3v) is 4.49. The first-order chi connectivity index (χ1) is 10.0. The van der Waals surface area contributed by atoms with E-state index >= 15 is 0 Å². The molecular weight excluding hydrogens is 280 g/mol. The Morgan fingerprint density at radius 2 is 2.10 bits per heavy atom. The Labute approximate surface area is 133 Å². The van der Waals surface area contributed by atoms with Crippen LogP contribution in [0.15, 0.2) is 5.38 Å². The van der Waals surface area contributed by atoms with Gasteiger partial charge in [0.15, 0.2) is 0 Å². The topological polar surface area (TPSA) is 31.4 Å². The molecule has 4 nitrogen and oxygen atoms in total. The summed E-state index contributed by atoms with van der Waals surface area (Å²) in [6.07, 6.45) is 2.68. The molecule has 1 aromatic rings. The number of hydrogen-bond donors (Lipinski definition) is 1. The van der Waals surface area contributed by atoms with Crippen LogP contribution in [0.1, 0.15) is 37.4 Å². The highest BCUT2D eigenvalue weighted by Gasteiger charge is 2.20. The van der Waals surface area contributed by atoms with Gasteiger partial charge in [0.25, 0.3) is 0 Å². The molecule has 1 aromatic heterocycles. The fourth-order valence-corrected chi connectivity index (χ4v) is 3.08. The van der Waals surface area contributed by atoms with Gasteiger partial charge >= 0.3 is 0 Å². The molecule has 1 fully saturated rings. The van der Waals surface area contributed by atoms with Gasteiger partial charge in [0.2, 0.25) is 0 Å². The smallest absolute Gasteiger partial charge is 0.107 e. The first-order valence-corrected chi connectivity index (χ1v) is 8.94. The number of thiazole rings is 1. The van der Waals surface area contributed by atoms with E-state index in [4.69, 9.17) is 4.98 Å². The van der Waals surface area contributed by atoms with Gasteiger partial charge in [-0.05, 0) is 32.9 Å². The van der Waals surface area contributed by atoms with Crippen molar-refractivity contribution in [2.24, 2.45) is 5.92 Å². The Bertz CT molecular complexity index is 412. The number of nitrogens with one attached hydrogen (secondary N) is 1. The second kappa shape index (κ2) is 8.22. The van der Waals surface area contributed by atoms with E-state index in [9.17, 15) is 0 Å². The van der Waals surface area contributed by atoms with E-state index in [1.54, 1.807) is 11.3 Å². The third-order valence-electron chi connectivity index (χ3n) is 3.59. The van der Waals surface area contributed by atoms with Crippen LogP contribution in [0.4, 0.5) is 0 Å². The fraction of sp³-hybridized carbons (Fsp3) is 0.812. The lowest BCUT2D eigenvalue weighted by Crippen LogP contribution is -2.34. The van der Waals surface area contributed by atoms with Gasteiger partial charge < -0.3 is 10.2 Å². The van der Waals surface area contributed by atoms with Crippen LogP contribution in [-0.2, 0) is 13.1 Å². The van der Waals surface area contributed by atoms with Crippen molar-refractivity contribution in [2.45, 2.75) is 45.8 Å². The second-order valence-electron chi connectivity index (χ2n) is 6.82. The molecule has 120 valence electrons. The van der Waals surface area contributed by atoms with Crippen LogP contribution in [0.3, 0.4) is 0 Å². The van der Waals surface area contributed by atoms with E-state index in [0.29, 0.717) is 5.92 Å². The summed E-state index contributed by atoms with van der Waals surface area (Å²) in [7, 11) is 4.27. The van der Waals surface area contributed by atoms with Crippen molar-refractivity contribution in [3.8, 4) is 0 Å². The lowest BCUT2D eigenvalue weighted by Gasteiger charge is -2.25. The van der Waals surface area contributed by atoms with E-state index in [2.05, 4.69) is 48.4 Å². The average Bonchev–Trinajstić information content (AvgIpc) is 3.13. The molecule has 0 atom stereocenters. The Kier molecular flexibility index (Phi) is 6.61. The Morgan fingerprint density at radius 1 is 1.33 bits per heavy atom. The monoisotopic (exact) mass is 310 g/mol. The van der Waals surface area contributed by atoms with Gasteiger partial charge in [-0.1, -0.05) is 13.8 Å². The minimum absolute atomic E-state index is 0.696. The molecule has 0 aromatic carbocycles. The number of nitrogens with zero attached hydrogens (tertiary/aromatic N) is 3. The molecule has 0 radical (unpaired) electrons. The number of aromatic nitrogens is 1. The maximum absolute atomic E-state index is 4.78. The van der Waals surface area contributed by atoms with Crippen LogP contribution in [0.5, 0.6) is 0 Å². The zero-order valence-electron chi connectivity index (χ0n) is 13.9. The van der Waals surface area contributed by atoms with Gasteiger partial charge in [-0.3, -0.25) is 4.90 Å². The lowest BCUT2D eigenvalue weighted by atomic mass is 10.2. The van der Waals surface area contributed by atoms with E-state index in [1.165, 1.54) is 23.5 Å². The highest BCUT2D eigenvalue weighted by atomic mass is 32.1. The highest BCUT2D eigenvalue weighted by Crippen LogP contribution is 2.20. The maximum Gasteiger partial charge on any atom is 0.107 e. The summed E-state index contributed by atoms with van der Waals surface area (Å²) in [5, 5.41) is 7.00. The van der Waals surface area contributed by atoms with Crippen LogP contribution in [0.25, 0.3) is 0 Å². The zero-order chi connectivity index (χ0) is 15.2. The largest absolute Gasteiger partial charge is 0.308 e. The molecule has 1 aliphatic carbocycles. The summed E-state index contributed by atoms with van der Waals surface area (Å²) >= 11 is 1.79. The predicted octanol–water partition coefficient (Wildman–Crippen LogP) is 2.41. The molecule has 5 heteroatoms. The summed E-state index contributed by atoms with van der Waals surface area (Å²) in [5.41, 5.74) is 1.23. The van der Waals surface area contributed by atoms with Gasteiger partial charge in [0.1, 0.15) is 5.01 Å². The van der Waals surface area contributed by atoms with Gasteiger partial charge in [0.05, 0.1) is 5.69 Å². The Morgan fingerprint density at radius 3 is 2.71 bits per heavy atom. The van der Waals surface area contributed by atoms with Gasteiger partial charge in [-0.15, -0.1) is 11.3 Å². The van der Waals surface area contributed by atoms with Crippen LogP contribution in [-0.4, -0.2) is 54.6 Å². The summed E-state index contributed by atoms with van der Waals surface area (Å²) in [4.78, 5) is 9.56. The van der Waals surface area contributed by atoms with Gasteiger partial charge in [-0.2, -0.15) is 0 Å². The van der Waals surface area contributed by atoms with Crippen LogP contribution in [0, 0.1) is 5.92 Å². The van der Waals surface area contributed by atoms with Crippen LogP contribution in [0.2, 0.25) is 0 Å². The standard InChI is InChI=1S/C16H30N4S/c1-13(2)10-20(8-7-19(3)4)11-15-12-21-16(18-15)9-17-14-5-6-14/h12-14,17H,5-11H2,1-4H3. The van der Waals surface area contributed by atoms with Crippen molar-refractivity contribution < 1.29 is 0 Å². The molecule has 1 saturated carbocycles. The molecule has 0 amide bonds. The van der Waals surface area contributed by atoms with Gasteiger partial charge in [0, 0.05) is 44.1 Å². The SMILES string of the molecule is CC(C)CN(CCN(C)C)Cc1csc(CNC2CC2)n1. The van der Waals surface area contributed by atoms with E-state index < -0.39 is 0 Å². The summed E-state index contributed by atoms with van der Waals surface area (Å²) in [5.74, 6) is 0.696. The second-order valence-corrected chi connectivity index (χ2v) is 7.76. The first kappa shape index (κ1) is 16.9. The van der Waals surface area contributed by atoms with Gasteiger partial charge in [-0.25, -0.2) is 4.98 Å². The fourth-order valence-electron chi connectivity index (χ4n) is 2.34. The van der Waals surface area contributed by atoms with E-state index in [-0.39, 0.29) is 0 Å². The number of rotatable bonds is 10. The van der Waals surface area contributed by atoms with Crippen molar-refractivity contribution in [3.63, 3.8) is 0 Å². The molecule has 21 heavy (non-hydrogen) atoms. The summed E-state index contributed by atoms with van der Waals surface area (Å²) in [6.45, 7) is 9.85. The first-order valence-electron chi connectivity index (χ1n) is 8.06. The molecule has 0 saturated heterocycles. The summed E-state index contributed by atoms with van der Waals surface area (Å²) < 4.78 is 0. The molecule has 2 rings (SSSR count). The molecule has 0 spiro atoms. The van der Waals surface area contributed by atoms with Crippen LogP contribution >= 0.6 is 11.3 Å². The van der Waals surface area contributed by atoms with Crippen LogP contribution < -0.4 is 5.32 Å². The molecule has 1 aliphatic rings. The van der Waals surface area contributed by atoms with Crippen molar-refractivity contribution in [1.82, 2.24) is 20.1 Å². The Balaban J connectivity index is 1.82. The summed E-state index contributed by atoms with van der Waals surface area (Å²) in [6, 6.07) is 0.759. The lowest BCUT2D eigenvalue weighted by molar-refractivity contribution is 0.210. The average molecular weight is 311 g/mol. The van der Waals surface area contributed by atoms with Crippen molar-refractivity contribution in [2.75, 3.05) is 33.7 Å². The highest BCUT2D eigenvalue weighted by molar-refractivity contribution is 7.09. The third kappa shape index (κ3) is 6.87. The van der Waals surface area contributed by atoms with E-state index in [1.807, 2.05) is 0 Å². The van der Waals surface area contributed by atoms with Crippen molar-refractivity contribution in [3.05, 3.63) is 16.1 Å². The molecular formula is C16H30N4S. The minimum Gasteiger partial charge on any atom is -0.308 e. The molecule has 1 heterocycles. The van der Waals surface area contributed by atoms with Crippen molar-refractivity contribution >= 4 is 11.3 Å². The predicted molar refractivity (Wildman–Crippen MR) is 90.6 cm³/mol. The number of hydrogen-bond acceptors (Lipinski definition) is 5. The normalized spacial score (nSPS) is 15.6. The molecule has 0 unspecified atom stereocenters. The minimum atomic E-state index is 0.696. The zero-order valence-corrected chi connectivity index (χ0v) is 14.7.